The summed E-state index contributed by atoms with van der Waals surface area (Å²) in [5, 5.41) is 14.0. The van der Waals surface area contributed by atoms with Crippen molar-refractivity contribution in [2.75, 3.05) is 43.4 Å². The Labute approximate surface area is 411 Å². The molecular weight excluding hydrogens is 904 g/mol. The molecule has 6 aromatic rings. The molecule has 17 nitrogen and oxygen atoms in total. The lowest BCUT2D eigenvalue weighted by atomic mass is 9.89. The number of carbonyl (C=O) groups is 4. The number of hydrogen-bond acceptors (Lipinski definition) is 12. The van der Waals surface area contributed by atoms with Crippen molar-refractivity contribution in [3.05, 3.63) is 125 Å². The lowest BCUT2D eigenvalue weighted by Gasteiger charge is -2.32. The molecular formula is C53H59FN12O5. The van der Waals surface area contributed by atoms with E-state index in [-0.39, 0.29) is 35.9 Å². The summed E-state index contributed by atoms with van der Waals surface area (Å²) in [4.78, 5) is 70.2. The van der Waals surface area contributed by atoms with E-state index in [1.165, 1.54) is 11.6 Å². The number of aryl methyl sites for hydroxylation is 1. The van der Waals surface area contributed by atoms with Gasteiger partial charge in [0.2, 0.25) is 11.8 Å². The van der Waals surface area contributed by atoms with E-state index in [0.29, 0.717) is 55.2 Å². The summed E-state index contributed by atoms with van der Waals surface area (Å²) >= 11 is 0. The lowest BCUT2D eigenvalue weighted by molar-refractivity contribution is -0.133. The molecule has 3 N–H and O–H groups in total. The van der Waals surface area contributed by atoms with Gasteiger partial charge in [0.1, 0.15) is 28.9 Å². The van der Waals surface area contributed by atoms with Crippen LogP contribution in [-0.4, -0.2) is 112 Å². The highest BCUT2D eigenvalue weighted by molar-refractivity contribution is 6.01. The number of carbonyl (C=O) groups excluding carboxylic acids is 4. The van der Waals surface area contributed by atoms with Crippen LogP contribution in [0.2, 0.25) is 0 Å². The Bertz CT molecular complexity index is 3020. The normalized spacial score (nSPS) is 18.2. The first-order chi connectivity index (χ1) is 34.2. The third kappa shape index (κ3) is 10.7. The summed E-state index contributed by atoms with van der Waals surface area (Å²) in [7, 11) is 2.04. The van der Waals surface area contributed by atoms with Crippen LogP contribution in [0.25, 0.3) is 27.7 Å². The number of benzene rings is 1. The molecule has 9 heterocycles. The molecule has 4 aliphatic rings. The van der Waals surface area contributed by atoms with E-state index in [4.69, 9.17) is 19.8 Å². The van der Waals surface area contributed by atoms with Gasteiger partial charge >= 0.3 is 6.09 Å². The van der Waals surface area contributed by atoms with Crippen molar-refractivity contribution in [3.63, 3.8) is 0 Å². The van der Waals surface area contributed by atoms with E-state index >= 15 is 4.39 Å². The molecule has 2 saturated heterocycles. The molecule has 18 heteroatoms. The van der Waals surface area contributed by atoms with Gasteiger partial charge in [0, 0.05) is 87.1 Å². The topological polar surface area (TPSA) is 185 Å². The first-order valence-corrected chi connectivity index (χ1v) is 24.4. The van der Waals surface area contributed by atoms with Gasteiger partial charge in [0.25, 0.3) is 5.91 Å². The zero-order chi connectivity index (χ0) is 49.4. The van der Waals surface area contributed by atoms with Crippen LogP contribution in [0.15, 0.2) is 85.3 Å². The summed E-state index contributed by atoms with van der Waals surface area (Å²) in [5.74, 6) is -0.501. The minimum Gasteiger partial charge on any atom is -0.444 e. The van der Waals surface area contributed by atoms with Gasteiger partial charge in [-0.2, -0.15) is 5.10 Å². The second kappa shape index (κ2) is 19.8. The van der Waals surface area contributed by atoms with Gasteiger partial charge in [-0.25, -0.2) is 19.2 Å². The van der Waals surface area contributed by atoms with E-state index in [0.717, 1.165) is 96.9 Å². The number of ether oxygens (including phenoxy) is 1. The molecule has 1 aromatic carbocycles. The molecule has 0 radical (unpaired) electrons. The summed E-state index contributed by atoms with van der Waals surface area (Å²) in [5.41, 5.74) is 9.13. The lowest BCUT2D eigenvalue weighted by Crippen LogP contribution is -2.47. The minimum atomic E-state index is -0.606. The van der Waals surface area contributed by atoms with Crippen LogP contribution in [0.1, 0.15) is 97.5 Å². The van der Waals surface area contributed by atoms with Crippen molar-refractivity contribution in [1.29, 1.82) is 0 Å². The Morgan fingerprint density at radius 2 is 1.72 bits per heavy atom. The fraction of sp³-hybridized carbons (Fsp3) is 0.396. The average Bonchev–Trinajstić information content (AvgIpc) is 3.91. The fourth-order valence-electron chi connectivity index (χ4n) is 10.1. The molecule has 0 spiro atoms. The van der Waals surface area contributed by atoms with Crippen LogP contribution in [0.4, 0.5) is 20.7 Å². The number of amides is 4. The molecule has 0 saturated carbocycles. The van der Waals surface area contributed by atoms with Gasteiger partial charge in [0.15, 0.2) is 0 Å². The van der Waals surface area contributed by atoms with Gasteiger partial charge < -0.3 is 19.5 Å². The van der Waals surface area contributed by atoms with Crippen LogP contribution in [0.5, 0.6) is 0 Å². The Kier molecular flexibility index (Phi) is 13.2. The van der Waals surface area contributed by atoms with Gasteiger partial charge in [-0.15, -0.1) is 0 Å². The van der Waals surface area contributed by atoms with Gasteiger partial charge in [-0.1, -0.05) is 12.1 Å². The molecule has 71 heavy (non-hydrogen) atoms. The smallest absolute Gasteiger partial charge is 0.413 e. The number of nitrogens with one attached hydrogen (secondary N) is 3. The Morgan fingerprint density at radius 1 is 0.873 bits per heavy atom. The Balaban J connectivity index is 0.696. The highest BCUT2D eigenvalue weighted by Gasteiger charge is 2.29. The predicted octanol–water partition coefficient (Wildman–Crippen LogP) is 7.25. The van der Waals surface area contributed by atoms with Crippen LogP contribution < -0.4 is 16.0 Å². The number of halogens is 1. The highest BCUT2D eigenvalue weighted by atomic mass is 19.1. The van der Waals surface area contributed by atoms with Crippen molar-refractivity contribution in [3.8, 4) is 11.1 Å². The summed E-state index contributed by atoms with van der Waals surface area (Å²) < 4.78 is 24.8. The first-order valence-electron chi connectivity index (χ1n) is 24.4. The largest absolute Gasteiger partial charge is 0.444 e. The molecule has 1 atom stereocenters. The zero-order valence-corrected chi connectivity index (χ0v) is 40.6. The van der Waals surface area contributed by atoms with E-state index in [2.05, 4.69) is 53.5 Å². The number of aromatic nitrogens is 6. The van der Waals surface area contributed by atoms with E-state index in [9.17, 15) is 19.2 Å². The van der Waals surface area contributed by atoms with Crippen LogP contribution in [0.3, 0.4) is 0 Å². The number of nitrogens with zero attached hydrogens (tertiary/aromatic N) is 9. The fourth-order valence-corrected chi connectivity index (χ4v) is 10.1. The third-order valence-corrected chi connectivity index (χ3v) is 13.9. The number of likely N-dealkylation sites (tertiary alicyclic amines) is 1. The quantitative estimate of drug-likeness (QED) is 0.111. The number of piperidine rings is 2. The van der Waals surface area contributed by atoms with Crippen LogP contribution in [-0.2, 0) is 47.6 Å². The maximum atomic E-state index is 15.3. The van der Waals surface area contributed by atoms with E-state index in [1.807, 2.05) is 80.0 Å². The zero-order valence-electron chi connectivity index (χ0n) is 40.6. The Morgan fingerprint density at radius 3 is 2.44 bits per heavy atom. The van der Waals surface area contributed by atoms with Crippen LogP contribution in [0, 0.1) is 5.82 Å². The summed E-state index contributed by atoms with van der Waals surface area (Å²) in [6.07, 6.45) is 10.0. The number of anilines is 2. The number of rotatable bonds is 11. The standard InChI is InChI=1S/C53H59FN12O5/c1-53(2,3)71-52(70)59-47-11-6-35(28-57-47)41-13-18-55-49-43(41)27-39(62(49)4)31-64-21-16-34(17-22-64)45-9-5-36(29-56-45)51(69)65-23-24-66-40(32-65)25-38(61-66)30-63-19-14-33(15-20-63)42-8-7-37(26-44(42)54)58-46-10-12-48(67)60-50(46)68/h5-9,11,13,16,18,25-29,33,46,58H,10,12,14-15,17,19-24,30-32H2,1-4H3,(H,57,59,70)(H,60,67,68). The predicted molar refractivity (Wildman–Crippen MR) is 266 cm³/mol. The maximum Gasteiger partial charge on any atom is 0.413 e. The van der Waals surface area contributed by atoms with Crippen molar-refractivity contribution in [2.24, 2.45) is 7.05 Å². The Hall–Kier alpha value is -7.31. The van der Waals surface area contributed by atoms with Crippen molar-refractivity contribution in [1.82, 2.24) is 49.3 Å². The minimum absolute atomic E-state index is 0.0491. The molecule has 5 aromatic heterocycles. The van der Waals surface area contributed by atoms with Crippen LogP contribution >= 0.6 is 0 Å². The third-order valence-electron chi connectivity index (χ3n) is 13.9. The second-order valence-corrected chi connectivity index (χ2v) is 20.0. The molecule has 1 unspecified atom stereocenters. The molecule has 4 aliphatic heterocycles. The monoisotopic (exact) mass is 962 g/mol. The van der Waals surface area contributed by atoms with E-state index < -0.39 is 17.7 Å². The van der Waals surface area contributed by atoms with Gasteiger partial charge in [-0.05, 0) is 137 Å². The molecule has 368 valence electrons. The number of hydrogen-bond donors (Lipinski definition) is 3. The summed E-state index contributed by atoms with van der Waals surface area (Å²) in [6, 6.07) is 18.4. The maximum absolute atomic E-state index is 15.3. The number of imide groups is 1. The summed E-state index contributed by atoms with van der Waals surface area (Å²) in [6.45, 7) is 11.8. The average molecular weight is 963 g/mol. The molecule has 0 bridgehead atoms. The molecule has 2 fully saturated rings. The first kappa shape index (κ1) is 47.4. The van der Waals surface area contributed by atoms with E-state index in [1.54, 1.807) is 18.5 Å². The number of fused-ring (bicyclic) bond motifs is 2. The van der Waals surface area contributed by atoms with Crippen molar-refractivity contribution >= 4 is 51.9 Å². The molecule has 10 rings (SSSR count). The van der Waals surface area contributed by atoms with Crippen molar-refractivity contribution in [2.45, 2.75) is 96.6 Å². The highest BCUT2D eigenvalue weighted by Crippen LogP contribution is 2.34. The number of pyridine rings is 3. The second-order valence-electron chi connectivity index (χ2n) is 20.0. The van der Waals surface area contributed by atoms with Gasteiger partial charge in [-0.3, -0.25) is 44.5 Å². The van der Waals surface area contributed by atoms with Crippen molar-refractivity contribution < 1.29 is 28.3 Å². The molecule has 0 aliphatic carbocycles. The SMILES string of the molecule is Cn1c(CN2CC=C(c3ccc(C(=O)N4CCn5nc(CN6CCC(c7ccc(NC8CCC(=O)NC8=O)cc7F)CC6)cc5C4)cn3)CC2)cc2c(-c3ccc(NC(=O)OC(C)(C)C)nc3)ccnc21. The van der Waals surface area contributed by atoms with Gasteiger partial charge in [0.05, 0.1) is 35.7 Å². The molecule has 4 amide bonds.